The summed E-state index contributed by atoms with van der Waals surface area (Å²) in [5.41, 5.74) is 4.86. The summed E-state index contributed by atoms with van der Waals surface area (Å²) in [6.07, 6.45) is 4.75. The van der Waals surface area contributed by atoms with Gasteiger partial charge in [0.2, 0.25) is 0 Å². The van der Waals surface area contributed by atoms with Crippen molar-refractivity contribution in [2.24, 2.45) is 5.10 Å². The van der Waals surface area contributed by atoms with Crippen LogP contribution in [0.25, 0.3) is 11.0 Å². The second-order valence-corrected chi connectivity index (χ2v) is 4.52. The number of hydrazone groups is 1. The zero-order valence-corrected chi connectivity index (χ0v) is 11.5. The van der Waals surface area contributed by atoms with Gasteiger partial charge in [0.05, 0.1) is 22.8 Å². The van der Waals surface area contributed by atoms with Crippen molar-refractivity contribution < 1.29 is 9.90 Å². The van der Waals surface area contributed by atoms with Gasteiger partial charge in [-0.25, -0.2) is 5.43 Å². The first-order valence-electron chi connectivity index (χ1n) is 6.56. The molecule has 6 heteroatoms. The fourth-order valence-electron chi connectivity index (χ4n) is 1.95. The van der Waals surface area contributed by atoms with Crippen LogP contribution in [0.1, 0.15) is 15.9 Å². The minimum Gasteiger partial charge on any atom is -0.507 e. The summed E-state index contributed by atoms with van der Waals surface area (Å²) < 4.78 is 0. The Balaban J connectivity index is 1.73. The van der Waals surface area contributed by atoms with E-state index in [1.54, 1.807) is 24.5 Å². The van der Waals surface area contributed by atoms with E-state index in [2.05, 4.69) is 20.5 Å². The smallest absolute Gasteiger partial charge is 0.275 e. The minimum absolute atomic E-state index is 0.0869. The largest absolute Gasteiger partial charge is 0.507 e. The van der Waals surface area contributed by atoms with Crippen LogP contribution in [0.4, 0.5) is 0 Å². The number of aromatic nitrogens is 2. The molecule has 1 heterocycles. The zero-order valence-electron chi connectivity index (χ0n) is 11.5. The van der Waals surface area contributed by atoms with Gasteiger partial charge in [-0.1, -0.05) is 18.2 Å². The Morgan fingerprint density at radius 2 is 1.86 bits per heavy atom. The molecule has 0 saturated heterocycles. The van der Waals surface area contributed by atoms with Gasteiger partial charge in [0.15, 0.2) is 0 Å². The molecule has 0 spiro atoms. The number of aromatic hydroxyl groups is 1. The van der Waals surface area contributed by atoms with Crippen molar-refractivity contribution in [3.63, 3.8) is 0 Å². The van der Waals surface area contributed by atoms with Crippen LogP contribution < -0.4 is 5.43 Å². The van der Waals surface area contributed by atoms with Crippen LogP contribution >= 0.6 is 0 Å². The number of para-hydroxylation sites is 1. The second-order valence-electron chi connectivity index (χ2n) is 4.52. The Hall–Kier alpha value is -3.28. The predicted molar refractivity (Wildman–Crippen MR) is 82.7 cm³/mol. The molecule has 1 aromatic heterocycles. The van der Waals surface area contributed by atoms with Crippen molar-refractivity contribution in [3.8, 4) is 5.75 Å². The Morgan fingerprint density at radius 3 is 2.68 bits per heavy atom. The highest BCUT2D eigenvalue weighted by Crippen LogP contribution is 2.15. The van der Waals surface area contributed by atoms with Crippen molar-refractivity contribution in [1.82, 2.24) is 15.4 Å². The second kappa shape index (κ2) is 6.01. The molecule has 0 fully saturated rings. The third-order valence-corrected chi connectivity index (χ3v) is 3.02. The molecule has 0 radical (unpaired) electrons. The Bertz CT molecular complexity index is 861. The molecular weight excluding hydrogens is 280 g/mol. The number of carbonyl (C=O) groups is 1. The molecule has 0 aliphatic rings. The van der Waals surface area contributed by atoms with E-state index in [1.807, 2.05) is 18.2 Å². The van der Waals surface area contributed by atoms with E-state index in [-0.39, 0.29) is 11.3 Å². The van der Waals surface area contributed by atoms with Gasteiger partial charge in [-0.3, -0.25) is 14.8 Å². The molecule has 2 aromatic carbocycles. The molecule has 22 heavy (non-hydrogen) atoms. The summed E-state index contributed by atoms with van der Waals surface area (Å²) in [7, 11) is 0. The maximum absolute atomic E-state index is 11.9. The number of phenolic OH excluding ortho intramolecular Hbond substituents is 1. The molecule has 0 unspecified atom stereocenters. The minimum atomic E-state index is -0.477. The number of fused-ring (bicyclic) bond motifs is 1. The Morgan fingerprint density at radius 1 is 1.09 bits per heavy atom. The zero-order chi connectivity index (χ0) is 15.4. The molecule has 2 N–H and O–H groups in total. The van der Waals surface area contributed by atoms with Gasteiger partial charge in [0.25, 0.3) is 5.91 Å². The number of hydrogen-bond donors (Lipinski definition) is 2. The Labute approximate surface area is 126 Å². The fourth-order valence-corrected chi connectivity index (χ4v) is 1.95. The van der Waals surface area contributed by atoms with Crippen molar-refractivity contribution in [2.75, 3.05) is 0 Å². The van der Waals surface area contributed by atoms with Gasteiger partial charge < -0.3 is 5.11 Å². The first-order valence-corrected chi connectivity index (χ1v) is 6.56. The number of carbonyl (C=O) groups excluding carboxylic acids is 1. The van der Waals surface area contributed by atoms with E-state index in [4.69, 9.17) is 0 Å². The average molecular weight is 292 g/mol. The van der Waals surface area contributed by atoms with Crippen LogP contribution in [0.15, 0.2) is 60.0 Å². The van der Waals surface area contributed by atoms with Crippen LogP contribution in [-0.2, 0) is 0 Å². The molecule has 108 valence electrons. The van der Waals surface area contributed by atoms with Gasteiger partial charge in [-0.2, -0.15) is 5.10 Å². The summed E-state index contributed by atoms with van der Waals surface area (Å²) in [4.78, 5) is 20.2. The van der Waals surface area contributed by atoms with Crippen LogP contribution in [0.2, 0.25) is 0 Å². The van der Waals surface area contributed by atoms with Crippen molar-refractivity contribution in [2.45, 2.75) is 0 Å². The Kier molecular flexibility index (Phi) is 3.74. The lowest BCUT2D eigenvalue weighted by Crippen LogP contribution is -2.17. The lowest BCUT2D eigenvalue weighted by Gasteiger charge is -2.02. The normalized spacial score (nSPS) is 10.9. The first kappa shape index (κ1) is 13.7. The lowest BCUT2D eigenvalue weighted by molar-refractivity contribution is 0.0952. The van der Waals surface area contributed by atoms with Gasteiger partial charge in [0, 0.05) is 12.4 Å². The van der Waals surface area contributed by atoms with Crippen LogP contribution in [-0.4, -0.2) is 27.2 Å². The summed E-state index contributed by atoms with van der Waals surface area (Å²) in [6.45, 7) is 0. The van der Waals surface area contributed by atoms with E-state index in [0.29, 0.717) is 0 Å². The summed E-state index contributed by atoms with van der Waals surface area (Å²) in [5, 5.41) is 13.5. The highest BCUT2D eigenvalue weighted by atomic mass is 16.3. The molecule has 0 atom stereocenters. The molecule has 0 saturated carbocycles. The molecule has 1 amide bonds. The van der Waals surface area contributed by atoms with Crippen LogP contribution in [0, 0.1) is 0 Å². The first-order chi connectivity index (χ1) is 10.7. The van der Waals surface area contributed by atoms with E-state index < -0.39 is 5.91 Å². The number of benzene rings is 2. The molecule has 3 rings (SSSR count). The molecule has 0 aliphatic carbocycles. The van der Waals surface area contributed by atoms with Gasteiger partial charge in [-0.05, 0) is 29.8 Å². The number of phenols is 1. The number of amides is 1. The quantitative estimate of drug-likeness (QED) is 0.571. The number of nitrogens with one attached hydrogen (secondary N) is 1. The van der Waals surface area contributed by atoms with Gasteiger partial charge in [-0.15, -0.1) is 0 Å². The van der Waals surface area contributed by atoms with Crippen molar-refractivity contribution >= 4 is 23.2 Å². The third kappa shape index (κ3) is 2.90. The third-order valence-electron chi connectivity index (χ3n) is 3.02. The monoisotopic (exact) mass is 292 g/mol. The van der Waals surface area contributed by atoms with Crippen molar-refractivity contribution in [1.29, 1.82) is 0 Å². The van der Waals surface area contributed by atoms with E-state index in [0.717, 1.165) is 16.6 Å². The maximum atomic E-state index is 11.9. The van der Waals surface area contributed by atoms with Gasteiger partial charge >= 0.3 is 0 Å². The standard InChI is InChI=1S/C16H12N4O2/c21-15-4-2-1-3-12(15)16(22)20-19-10-11-5-6-13-14(9-11)18-8-7-17-13/h1-10,21H,(H,20,22)/b19-10-. The molecule has 0 bridgehead atoms. The number of nitrogens with zero attached hydrogens (tertiary/aromatic N) is 3. The highest BCUT2D eigenvalue weighted by molar-refractivity contribution is 5.97. The fraction of sp³-hybridized carbons (Fsp3) is 0. The van der Waals surface area contributed by atoms with E-state index in [9.17, 15) is 9.90 Å². The van der Waals surface area contributed by atoms with Crippen LogP contribution in [0.5, 0.6) is 5.75 Å². The average Bonchev–Trinajstić information content (AvgIpc) is 2.55. The SMILES string of the molecule is O=C(N/N=C\c1ccc2nccnc2c1)c1ccccc1O. The number of hydrogen-bond acceptors (Lipinski definition) is 5. The highest BCUT2D eigenvalue weighted by Gasteiger charge is 2.08. The van der Waals surface area contributed by atoms with E-state index >= 15 is 0 Å². The summed E-state index contributed by atoms with van der Waals surface area (Å²) in [6, 6.07) is 11.7. The van der Waals surface area contributed by atoms with E-state index in [1.165, 1.54) is 18.3 Å². The van der Waals surface area contributed by atoms with Gasteiger partial charge in [0.1, 0.15) is 5.75 Å². The lowest BCUT2D eigenvalue weighted by atomic mass is 10.2. The molecule has 6 nitrogen and oxygen atoms in total. The topological polar surface area (TPSA) is 87.5 Å². The summed E-state index contributed by atoms with van der Waals surface area (Å²) >= 11 is 0. The van der Waals surface area contributed by atoms with Crippen LogP contribution in [0.3, 0.4) is 0 Å². The molecule has 0 aliphatic heterocycles. The number of rotatable bonds is 3. The summed E-state index contributed by atoms with van der Waals surface area (Å²) in [5.74, 6) is -0.564. The predicted octanol–water partition coefficient (Wildman–Crippen LogP) is 2.10. The molecular formula is C16H12N4O2. The van der Waals surface area contributed by atoms with Crippen molar-refractivity contribution in [3.05, 3.63) is 66.0 Å². The molecule has 3 aromatic rings. The maximum Gasteiger partial charge on any atom is 0.275 e.